The molecule has 142 heavy (non-hydrogen) atoms. The minimum atomic E-state index is -0.858. The van der Waals surface area contributed by atoms with Gasteiger partial charge in [0.2, 0.25) is 0 Å². The molecular formula is C102H130O40. The minimum absolute atomic E-state index is 0. The first kappa shape index (κ1) is 117. The van der Waals surface area contributed by atoms with Gasteiger partial charge in [-0.1, -0.05) is 27.2 Å². The second-order valence-corrected chi connectivity index (χ2v) is 32.9. The highest BCUT2D eigenvalue weighted by molar-refractivity contribution is 5.97. The van der Waals surface area contributed by atoms with Gasteiger partial charge in [-0.05, 0) is 242 Å². The molecule has 5 aliphatic rings. The molecule has 4 aromatic carbocycles. The van der Waals surface area contributed by atoms with E-state index < -0.39 is 137 Å². The van der Waals surface area contributed by atoms with E-state index in [2.05, 4.69) is 24.5 Å². The third kappa shape index (κ3) is 40.6. The molecule has 0 unspecified atom stereocenters. The SMILES string of the molecule is C.C=CC(=O)OCCCCOC(=O)C1CCC(C(=O)Oc2ccc(OC(=O)C3CCC(C(=O)Oc4ccc(OC(=O)C5CCC(C(=O)OCCOC(=O)C=C)CC5)c(C(=O)OCCOCC)c4)CC3)cc2C(=O)OCCOCC)CC1.C=CC(=O)OCCOC(=O)C1CCC(C(=O)O)CC1.CCOCCOC(=O)c1cc(OC(=O)C2CCC(C(=O)Oc3ccc(O)c(C(=O)OCCOCC)c3)CC2)ccc1O. The predicted octanol–water partition coefficient (Wildman–Crippen LogP) is 12.7. The zero-order chi connectivity index (χ0) is 103. The monoisotopic (exact) mass is 1990 g/mol. The molecule has 0 radical (unpaired) electrons. The topological polar surface area (TPSA) is 535 Å². The molecule has 0 atom stereocenters. The van der Waals surface area contributed by atoms with E-state index in [1.165, 1.54) is 72.8 Å². The van der Waals surface area contributed by atoms with E-state index in [1.807, 2.05) is 13.8 Å². The van der Waals surface area contributed by atoms with E-state index in [0.29, 0.717) is 142 Å². The van der Waals surface area contributed by atoms with Crippen LogP contribution in [0.3, 0.4) is 0 Å². The lowest BCUT2D eigenvalue weighted by atomic mass is 9.82. The normalized spacial score (nSPS) is 18.8. The average molecular weight is 2000 g/mol. The molecule has 0 saturated heterocycles. The molecule has 0 aliphatic heterocycles. The van der Waals surface area contributed by atoms with Crippen molar-refractivity contribution in [3.8, 4) is 46.0 Å². The lowest BCUT2D eigenvalue weighted by Gasteiger charge is -2.26. The third-order valence-electron chi connectivity index (χ3n) is 23.3. The van der Waals surface area contributed by atoms with Crippen molar-refractivity contribution >= 4 is 101 Å². The maximum Gasteiger partial charge on any atom is 0.342 e. The summed E-state index contributed by atoms with van der Waals surface area (Å²) in [6.45, 7) is 19.4. The van der Waals surface area contributed by atoms with E-state index in [1.54, 1.807) is 13.8 Å². The van der Waals surface area contributed by atoms with Crippen molar-refractivity contribution in [3.05, 3.63) is 133 Å². The van der Waals surface area contributed by atoms with Gasteiger partial charge >= 0.3 is 101 Å². The summed E-state index contributed by atoms with van der Waals surface area (Å²) in [5.41, 5.74) is -0.623. The summed E-state index contributed by atoms with van der Waals surface area (Å²) in [7, 11) is 0. The van der Waals surface area contributed by atoms with Crippen LogP contribution in [0.4, 0.5) is 0 Å². The number of carboxylic acids is 1. The van der Waals surface area contributed by atoms with Crippen LogP contribution >= 0.6 is 0 Å². The molecule has 0 bridgehead atoms. The van der Waals surface area contributed by atoms with Crippen molar-refractivity contribution in [2.45, 2.75) is 176 Å². The summed E-state index contributed by atoms with van der Waals surface area (Å²) < 4.78 is 105. The van der Waals surface area contributed by atoms with Crippen LogP contribution in [-0.2, 0) is 129 Å². The summed E-state index contributed by atoms with van der Waals surface area (Å²) in [5, 5.41) is 28.9. The highest BCUT2D eigenvalue weighted by Crippen LogP contribution is 2.40. The molecule has 4 aromatic rings. The zero-order valence-electron chi connectivity index (χ0n) is 79.8. The van der Waals surface area contributed by atoms with Crippen LogP contribution in [0.5, 0.6) is 46.0 Å². The van der Waals surface area contributed by atoms with Crippen LogP contribution in [0.1, 0.15) is 218 Å². The quantitative estimate of drug-likeness (QED) is 0.0121. The number of unbranched alkanes of at least 4 members (excludes halogenated alkanes) is 1. The zero-order valence-corrected chi connectivity index (χ0v) is 79.8. The fourth-order valence-corrected chi connectivity index (χ4v) is 15.5. The summed E-state index contributed by atoms with van der Waals surface area (Å²) in [6.07, 6.45) is 11.4. The molecule has 0 spiro atoms. The molecule has 0 aromatic heterocycles. The van der Waals surface area contributed by atoms with Crippen LogP contribution in [-0.4, -0.2) is 236 Å². The number of hydrogen-bond acceptors (Lipinski definition) is 39. The van der Waals surface area contributed by atoms with Crippen molar-refractivity contribution in [3.63, 3.8) is 0 Å². The highest BCUT2D eigenvalue weighted by Gasteiger charge is 2.39. The van der Waals surface area contributed by atoms with E-state index in [0.717, 1.165) is 18.2 Å². The number of phenolic OH excluding ortho intramolecular Hbond substituents is 2. The Balaban J connectivity index is 0.000000409. The Morgan fingerprint density at radius 3 is 0.725 bits per heavy atom. The van der Waals surface area contributed by atoms with Crippen molar-refractivity contribution in [1.82, 2.24) is 0 Å². The van der Waals surface area contributed by atoms with Gasteiger partial charge in [0.1, 0.15) is 121 Å². The van der Waals surface area contributed by atoms with Crippen molar-refractivity contribution < 1.29 is 192 Å². The Morgan fingerprint density at radius 1 is 0.261 bits per heavy atom. The van der Waals surface area contributed by atoms with E-state index in [4.69, 9.17) is 95.1 Å². The first-order valence-electron chi connectivity index (χ1n) is 47.3. The van der Waals surface area contributed by atoms with Gasteiger partial charge in [-0.3, -0.25) is 47.9 Å². The fraction of sp³-hybridized carbons (Fsp3) is 0.539. The molecular weight excluding hydrogens is 1870 g/mol. The number of hydrogen-bond donors (Lipinski definition) is 3. The lowest BCUT2D eigenvalue weighted by Crippen LogP contribution is -2.31. The van der Waals surface area contributed by atoms with E-state index in [-0.39, 0.29) is 218 Å². The molecule has 5 saturated carbocycles. The number of rotatable bonds is 50. The molecule has 40 heteroatoms. The smallest absolute Gasteiger partial charge is 0.342 e. The first-order chi connectivity index (χ1) is 67.9. The number of aliphatic carboxylic acids is 1. The van der Waals surface area contributed by atoms with Gasteiger partial charge < -0.3 is 110 Å². The molecule has 40 nitrogen and oxygen atoms in total. The standard InChI is InChI=1S/C58H72O22.C30H36O12.C13H18O6.CH4/c1-5-49(59)71-27-9-10-28-73-51(61)37-11-15-41(16-12-37)55(65)79-47-25-23-43(35-45(47)57(67)75-31-29-69-7-3)77-53(63)39-19-21-40(22-20-39)54(64)78-44-24-26-48(46(36-44)58(68)76-32-30-70-8-4)80-56(66)42-17-13-38(14-18-42)52(62)74-34-33-72-50(60)6-2;1-3-37-13-15-39-29(35)23-17-21(9-11-25(23)31)41-27(33)19-5-7-20(8-6-19)28(34)42-22-10-12-26(32)24(18-22)30(36)40-16-14-38-4-2;1-2-11(14)18-7-8-19-13(17)10-5-3-9(4-6-10)12(15)16;/h5-6,23-26,35-42H,1-2,7-22,27-34H2,3-4H3;9-12,17-20,31-32H,3-8,13-16H2,1-2H3;2,9-10H,1,3-8H2,(H,15,16);1H4. The maximum absolute atomic E-state index is 13.5. The number of carbonyl (C=O) groups excluding carboxylic acids is 16. The van der Waals surface area contributed by atoms with E-state index >= 15 is 0 Å². The summed E-state index contributed by atoms with van der Waals surface area (Å²) in [5.74, 6) is -16.0. The number of ether oxygens (including phenoxy) is 20. The Hall–Kier alpha value is -13.5. The molecule has 778 valence electrons. The van der Waals surface area contributed by atoms with Crippen LogP contribution in [0, 0.1) is 59.2 Å². The van der Waals surface area contributed by atoms with Crippen LogP contribution in [0.15, 0.2) is 111 Å². The predicted molar refractivity (Wildman–Crippen MR) is 497 cm³/mol. The average Bonchev–Trinajstić information content (AvgIpc) is 0.820. The first-order valence-corrected chi connectivity index (χ1v) is 47.3. The van der Waals surface area contributed by atoms with Gasteiger partial charge in [0.25, 0.3) is 0 Å². The number of phenols is 2. The molecule has 5 fully saturated rings. The Kier molecular flexibility index (Phi) is 52.9. The molecule has 3 N–H and O–H groups in total. The number of carbonyl (C=O) groups is 17. The molecule has 0 heterocycles. The Bertz CT molecular complexity index is 4780. The third-order valence-corrected chi connectivity index (χ3v) is 23.3. The van der Waals surface area contributed by atoms with Crippen molar-refractivity contribution in [2.75, 3.05) is 119 Å². The lowest BCUT2D eigenvalue weighted by molar-refractivity contribution is -0.155. The Morgan fingerprint density at radius 2 is 0.465 bits per heavy atom. The van der Waals surface area contributed by atoms with Crippen LogP contribution in [0.2, 0.25) is 0 Å². The van der Waals surface area contributed by atoms with Crippen LogP contribution in [0.25, 0.3) is 0 Å². The van der Waals surface area contributed by atoms with Gasteiger partial charge in [0.05, 0.1) is 98.8 Å². The van der Waals surface area contributed by atoms with Crippen molar-refractivity contribution in [1.29, 1.82) is 0 Å². The summed E-state index contributed by atoms with van der Waals surface area (Å²) in [6, 6.07) is 15.6. The minimum Gasteiger partial charge on any atom is -0.507 e. The van der Waals surface area contributed by atoms with Gasteiger partial charge in [0.15, 0.2) is 0 Å². The number of carboxylic acid groups (broad SMARTS) is 1. The van der Waals surface area contributed by atoms with Gasteiger partial charge in [-0.15, -0.1) is 0 Å². The highest BCUT2D eigenvalue weighted by atomic mass is 16.6. The number of benzene rings is 4. The number of aromatic hydroxyl groups is 2. The number of esters is 16. The largest absolute Gasteiger partial charge is 0.507 e. The van der Waals surface area contributed by atoms with Crippen LogP contribution < -0.4 is 28.4 Å². The molecule has 0 amide bonds. The summed E-state index contributed by atoms with van der Waals surface area (Å²) in [4.78, 5) is 212. The fourth-order valence-electron chi connectivity index (χ4n) is 15.5. The Labute approximate surface area is 822 Å². The van der Waals surface area contributed by atoms with Gasteiger partial charge in [-0.2, -0.15) is 0 Å². The van der Waals surface area contributed by atoms with Gasteiger partial charge in [0, 0.05) is 44.7 Å². The molecule has 9 rings (SSSR count). The van der Waals surface area contributed by atoms with Crippen molar-refractivity contribution in [2.24, 2.45) is 59.2 Å². The van der Waals surface area contributed by atoms with E-state index in [9.17, 15) is 91.7 Å². The van der Waals surface area contributed by atoms with Gasteiger partial charge in [-0.25, -0.2) is 33.6 Å². The second-order valence-electron chi connectivity index (χ2n) is 32.9. The summed E-state index contributed by atoms with van der Waals surface area (Å²) >= 11 is 0. The second kappa shape index (κ2) is 64.1. The molecule has 5 aliphatic carbocycles. The maximum atomic E-state index is 13.5.